The van der Waals surface area contributed by atoms with Gasteiger partial charge in [-0.3, -0.25) is 4.79 Å². The Balaban J connectivity index is 1.17. The summed E-state index contributed by atoms with van der Waals surface area (Å²) in [5, 5.41) is 3.18. The van der Waals surface area contributed by atoms with Gasteiger partial charge in [0.15, 0.2) is 0 Å². The largest absolute Gasteiger partial charge is 0.356 e. The zero-order chi connectivity index (χ0) is 19.2. The highest BCUT2D eigenvalue weighted by atomic mass is 16.1. The normalized spacial score (nSPS) is 19.6. The summed E-state index contributed by atoms with van der Waals surface area (Å²) < 4.78 is 0. The van der Waals surface area contributed by atoms with E-state index in [2.05, 4.69) is 31.2 Å². The van der Waals surface area contributed by atoms with Gasteiger partial charge in [-0.05, 0) is 63.9 Å². The minimum Gasteiger partial charge on any atom is -0.356 e. The minimum atomic E-state index is 0.138. The molecule has 6 heteroatoms. The van der Waals surface area contributed by atoms with Crippen molar-refractivity contribution in [2.24, 2.45) is 5.92 Å². The number of likely N-dealkylation sites (tertiary alicyclic amines) is 1. The van der Waals surface area contributed by atoms with Gasteiger partial charge in [-0.25, -0.2) is 4.98 Å². The first-order valence-corrected chi connectivity index (χ1v) is 11.0. The van der Waals surface area contributed by atoms with Gasteiger partial charge >= 0.3 is 0 Å². The van der Waals surface area contributed by atoms with Crippen LogP contribution in [0.4, 0.5) is 5.95 Å². The van der Waals surface area contributed by atoms with E-state index in [1.807, 2.05) is 18.2 Å². The number of aromatic amines is 1. The predicted octanol–water partition coefficient (Wildman–Crippen LogP) is 3.16. The van der Waals surface area contributed by atoms with Crippen molar-refractivity contribution in [3.8, 4) is 0 Å². The number of nitrogens with zero attached hydrogens (tertiary/aromatic N) is 3. The Labute approximate surface area is 167 Å². The number of amides is 1. The van der Waals surface area contributed by atoms with Gasteiger partial charge in [0.05, 0.1) is 11.0 Å². The molecule has 2 aliphatic rings. The van der Waals surface area contributed by atoms with Crippen molar-refractivity contribution in [3.05, 3.63) is 24.3 Å². The monoisotopic (exact) mass is 383 g/mol. The molecule has 28 heavy (non-hydrogen) atoms. The van der Waals surface area contributed by atoms with Crippen LogP contribution < -0.4 is 10.2 Å². The average molecular weight is 384 g/mol. The van der Waals surface area contributed by atoms with Crippen LogP contribution >= 0.6 is 0 Å². The topological polar surface area (TPSA) is 64.3 Å². The molecule has 6 nitrogen and oxygen atoms in total. The van der Waals surface area contributed by atoms with Gasteiger partial charge in [-0.1, -0.05) is 25.0 Å². The van der Waals surface area contributed by atoms with Crippen LogP contribution in [-0.2, 0) is 4.79 Å². The summed E-state index contributed by atoms with van der Waals surface area (Å²) in [5.74, 6) is 1.30. The Hall–Kier alpha value is -2.08. The van der Waals surface area contributed by atoms with Crippen molar-refractivity contribution < 1.29 is 4.79 Å². The lowest BCUT2D eigenvalue weighted by Gasteiger charge is -2.31. The second-order valence-corrected chi connectivity index (χ2v) is 8.24. The quantitative estimate of drug-likeness (QED) is 0.752. The lowest BCUT2D eigenvalue weighted by molar-refractivity contribution is -0.125. The van der Waals surface area contributed by atoms with Gasteiger partial charge < -0.3 is 20.1 Å². The summed E-state index contributed by atoms with van der Waals surface area (Å²) in [7, 11) is 0. The number of anilines is 1. The molecule has 2 fully saturated rings. The smallest absolute Gasteiger partial charge is 0.223 e. The van der Waals surface area contributed by atoms with E-state index < -0.39 is 0 Å². The summed E-state index contributed by atoms with van der Waals surface area (Å²) in [6.07, 6.45) is 8.26. The second-order valence-electron chi connectivity index (χ2n) is 8.24. The molecule has 2 aliphatic heterocycles. The number of imidazole rings is 1. The number of H-pyrrole nitrogens is 1. The molecule has 0 unspecified atom stereocenters. The van der Waals surface area contributed by atoms with Crippen LogP contribution in [0, 0.1) is 5.92 Å². The third kappa shape index (κ3) is 4.85. The first kappa shape index (κ1) is 19.2. The number of aromatic nitrogens is 2. The highest BCUT2D eigenvalue weighted by Crippen LogP contribution is 2.23. The number of fused-ring (bicyclic) bond motifs is 1. The molecule has 1 amide bonds. The lowest BCUT2D eigenvalue weighted by atomic mass is 9.96. The Morgan fingerprint density at radius 2 is 1.82 bits per heavy atom. The fraction of sp³-hybridized carbons (Fsp3) is 0.636. The highest BCUT2D eigenvalue weighted by molar-refractivity contribution is 5.79. The molecule has 2 aromatic rings. The second kappa shape index (κ2) is 9.41. The number of carbonyl (C=O) groups is 1. The Kier molecular flexibility index (Phi) is 6.47. The maximum atomic E-state index is 12.5. The van der Waals surface area contributed by atoms with E-state index in [-0.39, 0.29) is 11.8 Å². The predicted molar refractivity (Wildman–Crippen MR) is 114 cm³/mol. The zero-order valence-electron chi connectivity index (χ0n) is 16.8. The van der Waals surface area contributed by atoms with Crippen LogP contribution in [0.5, 0.6) is 0 Å². The number of hydrogen-bond acceptors (Lipinski definition) is 4. The molecular formula is C22H33N5O. The van der Waals surface area contributed by atoms with Crippen LogP contribution in [0.15, 0.2) is 24.3 Å². The highest BCUT2D eigenvalue weighted by Gasteiger charge is 2.26. The van der Waals surface area contributed by atoms with E-state index in [9.17, 15) is 4.79 Å². The van der Waals surface area contributed by atoms with Crippen LogP contribution in [0.2, 0.25) is 0 Å². The maximum absolute atomic E-state index is 12.5. The van der Waals surface area contributed by atoms with Gasteiger partial charge in [0.25, 0.3) is 0 Å². The molecule has 2 saturated heterocycles. The van der Waals surface area contributed by atoms with Crippen LogP contribution in [0.3, 0.4) is 0 Å². The molecule has 3 heterocycles. The SMILES string of the molecule is O=C(NCCCN1CCCCCC1)C1CCN(c2nc3ccccc3[nH]2)CC1. The first-order valence-electron chi connectivity index (χ1n) is 11.0. The van der Waals surface area contributed by atoms with E-state index in [1.165, 1.54) is 38.8 Å². The van der Waals surface area contributed by atoms with Crippen molar-refractivity contribution in [2.75, 3.05) is 44.2 Å². The maximum Gasteiger partial charge on any atom is 0.223 e. The molecule has 1 aromatic heterocycles. The van der Waals surface area contributed by atoms with Crippen molar-refractivity contribution in [3.63, 3.8) is 0 Å². The number of para-hydroxylation sites is 2. The van der Waals surface area contributed by atoms with Crippen LogP contribution in [0.25, 0.3) is 11.0 Å². The van der Waals surface area contributed by atoms with E-state index in [4.69, 9.17) is 0 Å². The molecule has 0 aliphatic carbocycles. The van der Waals surface area contributed by atoms with Gasteiger partial charge in [-0.2, -0.15) is 0 Å². The Morgan fingerprint density at radius 1 is 1.07 bits per heavy atom. The molecule has 0 bridgehead atoms. The molecule has 0 atom stereocenters. The number of rotatable bonds is 6. The molecule has 0 spiro atoms. The lowest BCUT2D eigenvalue weighted by Crippen LogP contribution is -2.41. The molecule has 0 saturated carbocycles. The molecular weight excluding hydrogens is 350 g/mol. The van der Waals surface area contributed by atoms with Gasteiger partial charge in [0.2, 0.25) is 11.9 Å². The molecule has 152 valence electrons. The summed E-state index contributed by atoms with van der Waals surface area (Å²) >= 11 is 0. The summed E-state index contributed by atoms with van der Waals surface area (Å²) in [6.45, 7) is 6.14. The third-order valence-electron chi connectivity index (χ3n) is 6.19. The standard InChI is InChI=1S/C22H33N5O/c28-21(23-12-7-15-26-13-5-1-2-6-14-26)18-10-16-27(17-11-18)22-24-19-8-3-4-9-20(19)25-22/h3-4,8-9,18H,1-2,5-7,10-17H2,(H,23,28)(H,24,25). The number of carbonyl (C=O) groups excluding carboxylic acids is 1. The van der Waals surface area contributed by atoms with Crippen LogP contribution in [-0.4, -0.2) is 60.0 Å². The average Bonchev–Trinajstić information content (AvgIpc) is 3.00. The first-order chi connectivity index (χ1) is 13.8. The number of nitrogens with one attached hydrogen (secondary N) is 2. The van der Waals surface area contributed by atoms with Gasteiger partial charge in [-0.15, -0.1) is 0 Å². The van der Waals surface area contributed by atoms with E-state index in [0.717, 1.165) is 62.4 Å². The molecule has 4 rings (SSSR count). The van der Waals surface area contributed by atoms with E-state index in [1.54, 1.807) is 0 Å². The number of piperidine rings is 1. The number of hydrogen-bond donors (Lipinski definition) is 2. The Bertz CT molecular complexity index is 724. The third-order valence-corrected chi connectivity index (χ3v) is 6.19. The van der Waals surface area contributed by atoms with E-state index >= 15 is 0 Å². The van der Waals surface area contributed by atoms with Crippen molar-refractivity contribution in [1.29, 1.82) is 0 Å². The fourth-order valence-corrected chi connectivity index (χ4v) is 4.46. The van der Waals surface area contributed by atoms with E-state index in [0.29, 0.717) is 0 Å². The summed E-state index contributed by atoms with van der Waals surface area (Å²) in [5.41, 5.74) is 2.07. The fourth-order valence-electron chi connectivity index (χ4n) is 4.46. The molecule has 2 N–H and O–H groups in total. The van der Waals surface area contributed by atoms with Crippen molar-refractivity contribution in [1.82, 2.24) is 20.2 Å². The summed E-state index contributed by atoms with van der Waals surface area (Å²) in [4.78, 5) is 25.4. The zero-order valence-corrected chi connectivity index (χ0v) is 16.8. The van der Waals surface area contributed by atoms with Gasteiger partial charge in [0, 0.05) is 25.6 Å². The van der Waals surface area contributed by atoms with Crippen molar-refractivity contribution in [2.45, 2.75) is 44.9 Å². The molecule has 0 radical (unpaired) electrons. The molecule has 1 aromatic carbocycles. The number of benzene rings is 1. The van der Waals surface area contributed by atoms with Crippen LogP contribution in [0.1, 0.15) is 44.9 Å². The van der Waals surface area contributed by atoms with Crippen molar-refractivity contribution >= 4 is 22.9 Å². The Morgan fingerprint density at radius 3 is 2.57 bits per heavy atom. The summed E-state index contributed by atoms with van der Waals surface area (Å²) in [6, 6.07) is 8.11. The minimum absolute atomic E-state index is 0.138. The van der Waals surface area contributed by atoms with Gasteiger partial charge in [0.1, 0.15) is 0 Å².